The monoisotopic (exact) mass is 257 g/mol. The fourth-order valence-electron chi connectivity index (χ4n) is 1.82. The molecular weight excluding hydrogens is 246 g/mol. The summed E-state index contributed by atoms with van der Waals surface area (Å²) in [6.45, 7) is 0. The Hall–Kier alpha value is -2.14. The number of nitrogens with one attached hydrogen (secondary N) is 1. The number of hydrogen-bond donors (Lipinski definition) is 1. The summed E-state index contributed by atoms with van der Waals surface area (Å²) in [6, 6.07) is 9.64. The fraction of sp³-hybridized carbons (Fsp3) is 0.0769. The van der Waals surface area contributed by atoms with E-state index in [2.05, 4.69) is 10.4 Å². The van der Waals surface area contributed by atoms with Crippen LogP contribution in [0.4, 0.5) is 5.69 Å². The molecule has 1 N–H and O–H groups in total. The minimum absolute atomic E-state index is 0.571. The van der Waals surface area contributed by atoms with Crippen molar-refractivity contribution >= 4 is 33.8 Å². The van der Waals surface area contributed by atoms with Crippen LogP contribution < -0.4 is 5.32 Å². The van der Waals surface area contributed by atoms with Gasteiger partial charge < -0.3 is 9.73 Å². The molecule has 2 aromatic heterocycles. The first kappa shape index (κ1) is 11.0. The van der Waals surface area contributed by atoms with E-state index in [1.54, 1.807) is 6.26 Å². The molecule has 3 rings (SSSR count). The molecule has 0 saturated carbocycles. The summed E-state index contributed by atoms with van der Waals surface area (Å²) in [5, 5.41) is 8.46. The lowest BCUT2D eigenvalue weighted by Crippen LogP contribution is -2.09. The summed E-state index contributed by atoms with van der Waals surface area (Å²) in [7, 11) is 1.91. The summed E-state index contributed by atoms with van der Waals surface area (Å²) < 4.78 is 7.07. The Morgan fingerprint density at radius 1 is 1.39 bits per heavy atom. The smallest absolute Gasteiger partial charge is 0.161 e. The molecule has 0 radical (unpaired) electrons. The highest BCUT2D eigenvalue weighted by atomic mass is 32.1. The van der Waals surface area contributed by atoms with Gasteiger partial charge in [0.1, 0.15) is 4.99 Å². The minimum Gasteiger partial charge on any atom is -0.462 e. The fourth-order valence-corrected chi connectivity index (χ4v) is 2.06. The van der Waals surface area contributed by atoms with E-state index in [0.717, 1.165) is 16.6 Å². The van der Waals surface area contributed by atoms with Crippen LogP contribution in [0.1, 0.15) is 5.76 Å². The maximum absolute atomic E-state index is 5.26. The zero-order valence-corrected chi connectivity index (χ0v) is 10.6. The Balaban J connectivity index is 1.91. The van der Waals surface area contributed by atoms with Gasteiger partial charge in [-0.1, -0.05) is 12.2 Å². The average molecular weight is 257 g/mol. The molecule has 4 nitrogen and oxygen atoms in total. The third kappa shape index (κ3) is 1.89. The van der Waals surface area contributed by atoms with Crippen LogP contribution in [0.15, 0.2) is 47.2 Å². The lowest BCUT2D eigenvalue weighted by molar-refractivity contribution is 0.559. The first-order valence-corrected chi connectivity index (χ1v) is 5.91. The van der Waals surface area contributed by atoms with Crippen LogP contribution in [-0.4, -0.2) is 14.8 Å². The van der Waals surface area contributed by atoms with E-state index in [0.29, 0.717) is 10.7 Å². The highest BCUT2D eigenvalue weighted by Gasteiger charge is 2.06. The normalized spacial score (nSPS) is 10.7. The molecule has 0 aliphatic rings. The van der Waals surface area contributed by atoms with Crippen LogP contribution >= 0.6 is 12.2 Å². The molecule has 0 aliphatic carbocycles. The number of furan rings is 1. The Morgan fingerprint density at radius 2 is 2.28 bits per heavy atom. The van der Waals surface area contributed by atoms with Crippen molar-refractivity contribution in [3.63, 3.8) is 0 Å². The quantitative estimate of drug-likeness (QED) is 0.717. The van der Waals surface area contributed by atoms with E-state index in [9.17, 15) is 0 Å². The molecule has 2 heterocycles. The van der Waals surface area contributed by atoms with Gasteiger partial charge in [-0.2, -0.15) is 5.10 Å². The first-order valence-electron chi connectivity index (χ1n) is 5.51. The number of aryl methyl sites for hydroxylation is 1. The summed E-state index contributed by atoms with van der Waals surface area (Å²) in [5.74, 6) is 0.662. The molecular formula is C13H11N3OS. The summed E-state index contributed by atoms with van der Waals surface area (Å²) in [4.78, 5) is 0.571. The standard InChI is InChI=1S/C13H11N3OS/c1-16-11-7-10(5-4-9(11)8-14-16)15-13(18)12-3-2-6-17-12/h2-8H,1H3,(H,15,18). The van der Waals surface area contributed by atoms with Gasteiger partial charge in [-0.05, 0) is 30.3 Å². The summed E-state index contributed by atoms with van der Waals surface area (Å²) >= 11 is 5.26. The van der Waals surface area contributed by atoms with Crippen molar-refractivity contribution in [2.45, 2.75) is 0 Å². The van der Waals surface area contributed by atoms with Gasteiger partial charge in [0, 0.05) is 18.1 Å². The van der Waals surface area contributed by atoms with Crippen LogP contribution in [0.25, 0.3) is 10.9 Å². The highest BCUT2D eigenvalue weighted by Crippen LogP contribution is 2.19. The molecule has 1 aromatic carbocycles. The van der Waals surface area contributed by atoms with Crippen LogP contribution in [-0.2, 0) is 7.05 Å². The molecule has 0 unspecified atom stereocenters. The maximum Gasteiger partial charge on any atom is 0.161 e. The number of nitrogens with zero attached hydrogens (tertiary/aromatic N) is 2. The minimum atomic E-state index is 0.571. The van der Waals surface area contributed by atoms with Gasteiger partial charge in [0.25, 0.3) is 0 Å². The van der Waals surface area contributed by atoms with Gasteiger partial charge in [-0.3, -0.25) is 4.68 Å². The van der Waals surface area contributed by atoms with Crippen molar-refractivity contribution in [3.8, 4) is 0 Å². The molecule has 5 heteroatoms. The van der Waals surface area contributed by atoms with Crippen LogP contribution in [0, 0.1) is 0 Å². The van der Waals surface area contributed by atoms with E-state index < -0.39 is 0 Å². The first-order chi connectivity index (χ1) is 8.74. The van der Waals surface area contributed by atoms with Crippen molar-refractivity contribution in [2.75, 3.05) is 5.32 Å². The topological polar surface area (TPSA) is 43.0 Å². The Kier molecular flexibility index (Phi) is 2.60. The second-order valence-corrected chi connectivity index (χ2v) is 4.38. The zero-order valence-electron chi connectivity index (χ0n) is 9.75. The van der Waals surface area contributed by atoms with Crippen LogP contribution in [0.5, 0.6) is 0 Å². The van der Waals surface area contributed by atoms with Gasteiger partial charge in [0.2, 0.25) is 0 Å². The number of anilines is 1. The second-order valence-electron chi connectivity index (χ2n) is 3.97. The second kappa shape index (κ2) is 4.27. The molecule has 0 saturated heterocycles. The maximum atomic E-state index is 5.26. The van der Waals surface area contributed by atoms with Crippen molar-refractivity contribution < 1.29 is 4.42 Å². The van der Waals surface area contributed by atoms with Crippen molar-refractivity contribution in [1.29, 1.82) is 0 Å². The van der Waals surface area contributed by atoms with E-state index >= 15 is 0 Å². The largest absolute Gasteiger partial charge is 0.462 e. The number of rotatable bonds is 2. The van der Waals surface area contributed by atoms with Gasteiger partial charge in [-0.15, -0.1) is 0 Å². The lowest BCUT2D eigenvalue weighted by atomic mass is 10.2. The number of benzene rings is 1. The molecule has 90 valence electrons. The van der Waals surface area contributed by atoms with Gasteiger partial charge in [0.15, 0.2) is 5.76 Å². The number of hydrogen-bond acceptors (Lipinski definition) is 3. The Bertz CT molecular complexity index is 700. The van der Waals surface area contributed by atoms with Crippen molar-refractivity contribution in [1.82, 2.24) is 9.78 Å². The van der Waals surface area contributed by atoms with Gasteiger partial charge in [0.05, 0.1) is 18.0 Å². The van der Waals surface area contributed by atoms with Crippen molar-refractivity contribution in [3.05, 3.63) is 48.6 Å². The molecule has 0 fully saturated rings. The van der Waals surface area contributed by atoms with Gasteiger partial charge in [-0.25, -0.2) is 0 Å². The Labute approximate surface area is 109 Å². The lowest BCUT2D eigenvalue weighted by Gasteiger charge is -2.06. The molecule has 0 aliphatic heterocycles. The third-order valence-corrected chi connectivity index (χ3v) is 3.06. The summed E-state index contributed by atoms with van der Waals surface area (Å²) in [6.07, 6.45) is 3.44. The Morgan fingerprint density at radius 3 is 3.06 bits per heavy atom. The SMILES string of the molecule is Cn1ncc2ccc(NC(=S)c3ccco3)cc21. The number of fused-ring (bicyclic) bond motifs is 1. The van der Waals surface area contributed by atoms with Crippen LogP contribution in [0.2, 0.25) is 0 Å². The predicted molar refractivity (Wildman–Crippen MR) is 74.7 cm³/mol. The zero-order chi connectivity index (χ0) is 12.5. The summed E-state index contributed by atoms with van der Waals surface area (Å²) in [5.41, 5.74) is 1.98. The highest BCUT2D eigenvalue weighted by molar-refractivity contribution is 7.81. The van der Waals surface area contributed by atoms with E-state index in [4.69, 9.17) is 16.6 Å². The third-order valence-electron chi connectivity index (χ3n) is 2.75. The van der Waals surface area contributed by atoms with E-state index in [1.165, 1.54) is 0 Å². The number of aromatic nitrogens is 2. The van der Waals surface area contributed by atoms with E-state index in [1.807, 2.05) is 48.3 Å². The molecule has 0 amide bonds. The molecule has 3 aromatic rings. The van der Waals surface area contributed by atoms with E-state index in [-0.39, 0.29) is 0 Å². The molecule has 0 atom stereocenters. The predicted octanol–water partition coefficient (Wildman–Crippen LogP) is 2.95. The van der Waals surface area contributed by atoms with Gasteiger partial charge >= 0.3 is 0 Å². The number of thiocarbonyl (C=S) groups is 1. The molecule has 18 heavy (non-hydrogen) atoms. The molecule has 0 spiro atoms. The molecule has 0 bridgehead atoms. The van der Waals surface area contributed by atoms with Crippen molar-refractivity contribution in [2.24, 2.45) is 7.05 Å². The van der Waals surface area contributed by atoms with Crippen LogP contribution in [0.3, 0.4) is 0 Å². The average Bonchev–Trinajstić information content (AvgIpc) is 3.00.